The van der Waals surface area contributed by atoms with Crippen LogP contribution in [0.2, 0.25) is 0 Å². The van der Waals surface area contributed by atoms with E-state index < -0.39 is 20.9 Å². The Kier molecular flexibility index (Phi) is 5.98. The number of carbonyl (C=O) groups excluding carboxylic acids is 1. The fraction of sp³-hybridized carbons (Fsp3) is 0.0500. The van der Waals surface area contributed by atoms with Crippen molar-refractivity contribution in [3.8, 4) is 5.75 Å². The topological polar surface area (TPSA) is 128 Å². The van der Waals surface area contributed by atoms with Gasteiger partial charge in [-0.15, -0.1) is 0 Å². The van der Waals surface area contributed by atoms with Crippen molar-refractivity contribution in [2.24, 2.45) is 0 Å². The van der Waals surface area contributed by atoms with Gasteiger partial charge in [0.1, 0.15) is 11.3 Å². The van der Waals surface area contributed by atoms with E-state index in [4.69, 9.17) is 4.74 Å². The Morgan fingerprint density at radius 1 is 1.00 bits per heavy atom. The lowest BCUT2D eigenvalue weighted by Gasteiger charge is -2.13. The maximum absolute atomic E-state index is 12.6. The quantitative estimate of drug-likeness (QED) is 0.437. The summed E-state index contributed by atoms with van der Waals surface area (Å²) in [6.07, 6.45) is 0. The Labute approximate surface area is 172 Å². The van der Waals surface area contributed by atoms with Crippen molar-refractivity contribution in [3.63, 3.8) is 0 Å². The van der Waals surface area contributed by atoms with E-state index in [1.807, 2.05) is 0 Å². The number of methoxy groups -OCH3 is 1. The van der Waals surface area contributed by atoms with Crippen LogP contribution in [-0.4, -0.2) is 26.4 Å². The molecule has 0 aliphatic carbocycles. The largest absolute Gasteiger partial charge is 0.495 e. The minimum atomic E-state index is -3.89. The Hall–Kier alpha value is -3.92. The van der Waals surface area contributed by atoms with Crippen LogP contribution < -0.4 is 14.8 Å². The van der Waals surface area contributed by atoms with Gasteiger partial charge in [-0.3, -0.25) is 19.6 Å². The predicted octanol–water partition coefficient (Wildman–Crippen LogP) is 3.66. The summed E-state index contributed by atoms with van der Waals surface area (Å²) >= 11 is 0. The van der Waals surface area contributed by atoms with Crippen LogP contribution in [-0.2, 0) is 10.0 Å². The lowest BCUT2D eigenvalue weighted by Crippen LogP contribution is -2.16. The van der Waals surface area contributed by atoms with Crippen LogP contribution in [0.25, 0.3) is 0 Å². The molecule has 3 rings (SSSR count). The molecular weight excluding hydrogens is 410 g/mol. The number of anilines is 2. The molecule has 3 aromatic rings. The van der Waals surface area contributed by atoms with Gasteiger partial charge >= 0.3 is 0 Å². The number of amides is 1. The van der Waals surface area contributed by atoms with Crippen LogP contribution in [0.1, 0.15) is 10.4 Å². The number of benzene rings is 3. The molecule has 10 heteroatoms. The number of hydrogen-bond acceptors (Lipinski definition) is 6. The summed E-state index contributed by atoms with van der Waals surface area (Å²) in [7, 11) is -2.58. The summed E-state index contributed by atoms with van der Waals surface area (Å²) in [6.45, 7) is 0. The van der Waals surface area contributed by atoms with Crippen molar-refractivity contribution < 1.29 is 22.9 Å². The molecule has 0 saturated heterocycles. The zero-order valence-electron chi connectivity index (χ0n) is 15.7. The van der Waals surface area contributed by atoms with Crippen LogP contribution in [0.3, 0.4) is 0 Å². The van der Waals surface area contributed by atoms with E-state index in [9.17, 15) is 23.3 Å². The summed E-state index contributed by atoms with van der Waals surface area (Å²) < 4.78 is 32.9. The van der Waals surface area contributed by atoms with E-state index in [-0.39, 0.29) is 27.6 Å². The van der Waals surface area contributed by atoms with Gasteiger partial charge in [-0.05, 0) is 30.3 Å². The highest BCUT2D eigenvalue weighted by Gasteiger charge is 2.22. The molecule has 0 aliphatic rings. The van der Waals surface area contributed by atoms with Gasteiger partial charge < -0.3 is 10.1 Å². The molecule has 30 heavy (non-hydrogen) atoms. The summed E-state index contributed by atoms with van der Waals surface area (Å²) in [5, 5.41) is 13.7. The smallest absolute Gasteiger partial charge is 0.282 e. The highest BCUT2D eigenvalue weighted by atomic mass is 32.2. The third-order valence-electron chi connectivity index (χ3n) is 4.10. The normalized spacial score (nSPS) is 10.8. The number of ether oxygens (including phenoxy) is 1. The molecule has 2 N–H and O–H groups in total. The maximum Gasteiger partial charge on any atom is 0.282 e. The molecule has 0 atom stereocenters. The molecule has 0 aromatic heterocycles. The van der Waals surface area contributed by atoms with E-state index in [1.54, 1.807) is 30.3 Å². The lowest BCUT2D eigenvalue weighted by atomic mass is 10.1. The number of hydrogen-bond donors (Lipinski definition) is 2. The lowest BCUT2D eigenvalue weighted by molar-refractivity contribution is -0.385. The van der Waals surface area contributed by atoms with E-state index in [2.05, 4.69) is 10.0 Å². The number of rotatable bonds is 7. The third-order valence-corrected chi connectivity index (χ3v) is 5.48. The molecule has 154 valence electrons. The zero-order valence-corrected chi connectivity index (χ0v) is 16.5. The molecule has 0 fully saturated rings. The molecule has 0 heterocycles. The minimum Gasteiger partial charge on any atom is -0.495 e. The number of carbonyl (C=O) groups is 1. The number of para-hydroxylation sites is 2. The van der Waals surface area contributed by atoms with Crippen LogP contribution in [0.4, 0.5) is 17.1 Å². The van der Waals surface area contributed by atoms with Gasteiger partial charge in [-0.2, -0.15) is 0 Å². The SMILES string of the molecule is COc1cc(S(=O)(=O)Nc2ccccc2)ccc1NC(=O)c1ccccc1[N+](=O)[O-]. The number of nitrogens with zero attached hydrogens (tertiary/aromatic N) is 1. The average molecular weight is 427 g/mol. The van der Waals surface area contributed by atoms with Crippen LogP contribution in [0.5, 0.6) is 5.75 Å². The molecular formula is C20H17N3O6S. The molecule has 0 bridgehead atoms. The fourth-order valence-electron chi connectivity index (χ4n) is 2.68. The van der Waals surface area contributed by atoms with Gasteiger partial charge in [0.25, 0.3) is 21.6 Å². The Bertz CT molecular complexity index is 1200. The van der Waals surface area contributed by atoms with Crippen LogP contribution in [0.15, 0.2) is 77.7 Å². The molecule has 0 saturated carbocycles. The van der Waals surface area contributed by atoms with Gasteiger partial charge in [-0.25, -0.2) is 8.42 Å². The number of nitrogens with one attached hydrogen (secondary N) is 2. The second-order valence-corrected chi connectivity index (χ2v) is 7.74. The minimum absolute atomic E-state index is 0.0770. The molecule has 1 amide bonds. The van der Waals surface area contributed by atoms with E-state index in [1.165, 1.54) is 49.6 Å². The fourth-order valence-corrected chi connectivity index (χ4v) is 3.75. The van der Waals surface area contributed by atoms with Crippen molar-refractivity contribution in [2.75, 3.05) is 17.1 Å². The van der Waals surface area contributed by atoms with E-state index >= 15 is 0 Å². The van der Waals surface area contributed by atoms with E-state index in [0.29, 0.717) is 5.69 Å². The molecule has 0 aliphatic heterocycles. The number of sulfonamides is 1. The average Bonchev–Trinajstić information content (AvgIpc) is 2.74. The molecule has 9 nitrogen and oxygen atoms in total. The predicted molar refractivity (Wildman–Crippen MR) is 111 cm³/mol. The summed E-state index contributed by atoms with van der Waals surface area (Å²) in [4.78, 5) is 22.9. The second-order valence-electron chi connectivity index (χ2n) is 6.06. The second kappa shape index (κ2) is 8.62. The molecule has 3 aromatic carbocycles. The first-order chi connectivity index (χ1) is 14.3. The monoisotopic (exact) mass is 427 g/mol. The van der Waals surface area contributed by atoms with Gasteiger partial charge in [0.05, 0.1) is 22.6 Å². The molecule has 0 unspecified atom stereocenters. The Morgan fingerprint density at radius 2 is 1.67 bits per heavy atom. The standard InChI is InChI=1S/C20H17N3O6S/c1-29-19-13-15(30(27,28)22-14-7-3-2-4-8-14)11-12-17(19)21-20(24)16-9-5-6-10-18(16)23(25)26/h2-13,22H,1H3,(H,21,24). The van der Waals surface area contributed by atoms with Crippen molar-refractivity contribution >= 4 is 33.0 Å². The molecule has 0 spiro atoms. The molecule has 0 radical (unpaired) electrons. The van der Waals surface area contributed by atoms with Gasteiger partial charge in [0.15, 0.2) is 0 Å². The zero-order chi connectivity index (χ0) is 21.7. The van der Waals surface area contributed by atoms with Gasteiger partial charge in [0.2, 0.25) is 0 Å². The van der Waals surface area contributed by atoms with Gasteiger partial charge in [-0.1, -0.05) is 30.3 Å². The van der Waals surface area contributed by atoms with Crippen molar-refractivity contribution in [1.29, 1.82) is 0 Å². The first-order valence-electron chi connectivity index (χ1n) is 8.62. The van der Waals surface area contributed by atoms with Crippen molar-refractivity contribution in [2.45, 2.75) is 4.90 Å². The van der Waals surface area contributed by atoms with E-state index in [0.717, 1.165) is 0 Å². The first kappa shape index (κ1) is 20.8. The van der Waals surface area contributed by atoms with Crippen LogP contribution >= 0.6 is 0 Å². The first-order valence-corrected chi connectivity index (χ1v) is 10.1. The highest BCUT2D eigenvalue weighted by Crippen LogP contribution is 2.30. The number of nitro groups is 1. The Balaban J connectivity index is 1.88. The van der Waals surface area contributed by atoms with Crippen molar-refractivity contribution in [1.82, 2.24) is 0 Å². The van der Waals surface area contributed by atoms with Crippen molar-refractivity contribution in [3.05, 3.63) is 88.5 Å². The van der Waals surface area contributed by atoms with Crippen LogP contribution in [0, 0.1) is 10.1 Å². The maximum atomic E-state index is 12.6. The summed E-state index contributed by atoms with van der Waals surface area (Å²) in [5.74, 6) is -0.642. The summed E-state index contributed by atoms with van der Waals surface area (Å²) in [6, 6.07) is 17.8. The highest BCUT2D eigenvalue weighted by molar-refractivity contribution is 7.92. The third kappa shape index (κ3) is 4.55. The number of nitro benzene ring substituents is 1. The summed E-state index contributed by atoms with van der Waals surface area (Å²) in [5.41, 5.74) is 0.0803. The Morgan fingerprint density at radius 3 is 2.33 bits per heavy atom. The van der Waals surface area contributed by atoms with Gasteiger partial charge in [0, 0.05) is 17.8 Å².